The quantitative estimate of drug-likeness (QED) is 0.0597. The monoisotopic (exact) mass is 651 g/mol. The number of aliphatic hydroxyl groups excluding tert-OH is 6. The molecule has 0 aromatic heterocycles. The lowest BCUT2D eigenvalue weighted by Gasteiger charge is -2.49. The molecule has 8 N–H and O–H groups in total. The summed E-state index contributed by atoms with van der Waals surface area (Å²) in [6.07, 6.45) is 8.80. The summed E-state index contributed by atoms with van der Waals surface area (Å²) >= 11 is 0. The third-order valence-electron chi connectivity index (χ3n) is 8.27. The van der Waals surface area contributed by atoms with E-state index in [4.69, 9.17) is 14.2 Å². The second-order valence-electron chi connectivity index (χ2n) is 12.3. The minimum Gasteiger partial charge on any atom is -0.477 e. The van der Waals surface area contributed by atoms with Crippen LogP contribution < -0.4 is 5.32 Å². The molecule has 0 unspecified atom stereocenters. The standard InChI is InChI=1S/C32H61NO12/c1-3-4-5-6-7-8-9-10-11-12-13-14-15-16-17-18-19-43-21-24(36)22-44-32(31(41)42)30(40)28(39)26(33-23(2)35)29(45-32)27(38)25(37)20-34/h24-30,34,36-40H,3-22H2,1-2H3,(H,33,35)(H,41,42)/t24-,25+,26+,27+,28+,29+,30-,32-/m0/s1. The van der Waals surface area contributed by atoms with Crippen molar-refractivity contribution in [1.29, 1.82) is 0 Å². The van der Waals surface area contributed by atoms with Gasteiger partial charge in [0.1, 0.15) is 36.6 Å². The van der Waals surface area contributed by atoms with Crippen molar-refractivity contribution >= 4 is 11.9 Å². The highest BCUT2D eigenvalue weighted by molar-refractivity contribution is 5.77. The maximum Gasteiger partial charge on any atom is 0.367 e. The summed E-state index contributed by atoms with van der Waals surface area (Å²) in [5, 5.41) is 73.3. The van der Waals surface area contributed by atoms with Gasteiger partial charge in [0.2, 0.25) is 5.91 Å². The smallest absolute Gasteiger partial charge is 0.367 e. The highest BCUT2D eigenvalue weighted by Gasteiger charge is 2.62. The highest BCUT2D eigenvalue weighted by Crippen LogP contribution is 2.34. The van der Waals surface area contributed by atoms with Crippen molar-refractivity contribution in [3.63, 3.8) is 0 Å². The number of carboxylic acids is 1. The van der Waals surface area contributed by atoms with Crippen molar-refractivity contribution in [3.8, 4) is 0 Å². The van der Waals surface area contributed by atoms with E-state index in [-0.39, 0.29) is 6.61 Å². The Bertz CT molecular complexity index is 789. The lowest BCUT2D eigenvalue weighted by atomic mass is 9.86. The zero-order valence-corrected chi connectivity index (χ0v) is 27.4. The van der Waals surface area contributed by atoms with E-state index < -0.39 is 73.5 Å². The van der Waals surface area contributed by atoms with E-state index in [1.54, 1.807) is 0 Å². The van der Waals surface area contributed by atoms with Crippen LogP contribution in [0.4, 0.5) is 0 Å². The Morgan fingerprint density at radius 2 is 1.31 bits per heavy atom. The fourth-order valence-corrected chi connectivity index (χ4v) is 5.57. The van der Waals surface area contributed by atoms with Gasteiger partial charge in [0.05, 0.1) is 25.9 Å². The third-order valence-corrected chi connectivity index (χ3v) is 8.27. The molecule has 0 spiro atoms. The second kappa shape index (κ2) is 23.8. The average molecular weight is 652 g/mol. The molecule has 0 radical (unpaired) electrons. The fourth-order valence-electron chi connectivity index (χ4n) is 5.57. The first kappa shape index (κ1) is 41.6. The predicted molar refractivity (Wildman–Crippen MR) is 166 cm³/mol. The van der Waals surface area contributed by atoms with Crippen LogP contribution in [-0.2, 0) is 23.8 Å². The van der Waals surface area contributed by atoms with E-state index in [0.717, 1.165) is 26.2 Å². The van der Waals surface area contributed by atoms with E-state index in [0.29, 0.717) is 6.61 Å². The Balaban J connectivity index is 2.33. The van der Waals surface area contributed by atoms with Crippen molar-refractivity contribution in [2.75, 3.05) is 26.4 Å². The molecule has 1 aliphatic rings. The number of aliphatic hydroxyl groups is 6. The summed E-state index contributed by atoms with van der Waals surface area (Å²) in [5.41, 5.74) is 0. The maximum absolute atomic E-state index is 12.2. The molecule has 0 saturated carbocycles. The van der Waals surface area contributed by atoms with E-state index in [1.165, 1.54) is 83.5 Å². The van der Waals surface area contributed by atoms with Crippen LogP contribution in [0.1, 0.15) is 117 Å². The number of carbonyl (C=O) groups excluding carboxylic acids is 1. The average Bonchev–Trinajstić information content (AvgIpc) is 3.01. The first-order valence-corrected chi connectivity index (χ1v) is 16.9. The topological polar surface area (TPSA) is 215 Å². The number of ether oxygens (including phenoxy) is 3. The number of rotatable bonds is 27. The minimum atomic E-state index is -2.97. The lowest BCUT2D eigenvalue weighted by molar-refractivity contribution is -0.350. The van der Waals surface area contributed by atoms with Crippen LogP contribution in [0.15, 0.2) is 0 Å². The van der Waals surface area contributed by atoms with Gasteiger partial charge in [0.25, 0.3) is 5.79 Å². The molecule has 1 aliphatic heterocycles. The molecule has 45 heavy (non-hydrogen) atoms. The van der Waals surface area contributed by atoms with Gasteiger partial charge in [-0.2, -0.15) is 0 Å². The molecule has 13 heteroatoms. The van der Waals surface area contributed by atoms with Crippen molar-refractivity contribution < 1.29 is 59.5 Å². The molecule has 1 saturated heterocycles. The molecule has 266 valence electrons. The molecular formula is C32H61NO12. The van der Waals surface area contributed by atoms with Crippen LogP contribution in [-0.4, -0.2) is 123 Å². The summed E-state index contributed by atoms with van der Waals surface area (Å²) in [4.78, 5) is 23.8. The Kier molecular flexibility index (Phi) is 22.0. The van der Waals surface area contributed by atoms with Crippen LogP contribution in [0.25, 0.3) is 0 Å². The second-order valence-corrected chi connectivity index (χ2v) is 12.3. The van der Waals surface area contributed by atoms with Gasteiger partial charge in [-0.05, 0) is 6.42 Å². The van der Waals surface area contributed by atoms with E-state index in [2.05, 4.69) is 12.2 Å². The summed E-state index contributed by atoms with van der Waals surface area (Å²) in [7, 11) is 0. The van der Waals surface area contributed by atoms with Gasteiger partial charge in [-0.3, -0.25) is 4.79 Å². The van der Waals surface area contributed by atoms with Gasteiger partial charge in [-0.15, -0.1) is 0 Å². The van der Waals surface area contributed by atoms with Crippen LogP contribution in [0, 0.1) is 0 Å². The summed E-state index contributed by atoms with van der Waals surface area (Å²) < 4.78 is 16.2. The Morgan fingerprint density at radius 1 is 0.822 bits per heavy atom. The number of carbonyl (C=O) groups is 2. The van der Waals surface area contributed by atoms with E-state index in [9.17, 15) is 45.3 Å². The molecular weight excluding hydrogens is 590 g/mol. The Labute approximate surface area is 268 Å². The molecule has 8 atom stereocenters. The molecule has 1 rings (SSSR count). The van der Waals surface area contributed by atoms with Gasteiger partial charge in [-0.25, -0.2) is 4.79 Å². The number of hydrogen-bond donors (Lipinski definition) is 8. The fraction of sp³-hybridized carbons (Fsp3) is 0.938. The third kappa shape index (κ3) is 15.4. The first-order chi connectivity index (χ1) is 21.5. The zero-order chi connectivity index (χ0) is 33.7. The number of nitrogens with one attached hydrogen (secondary N) is 1. The molecule has 13 nitrogen and oxygen atoms in total. The number of amides is 1. The van der Waals surface area contributed by atoms with E-state index >= 15 is 0 Å². The summed E-state index contributed by atoms with van der Waals surface area (Å²) in [5.74, 6) is -5.55. The Hall–Kier alpha value is -1.42. The van der Waals surface area contributed by atoms with Crippen LogP contribution >= 0.6 is 0 Å². The number of unbranched alkanes of at least 4 members (excludes halogenated alkanes) is 15. The van der Waals surface area contributed by atoms with E-state index in [1.807, 2.05) is 0 Å². The molecule has 1 amide bonds. The van der Waals surface area contributed by atoms with Gasteiger partial charge in [-0.1, -0.05) is 103 Å². The predicted octanol–water partition coefficient (Wildman–Crippen LogP) is 1.76. The largest absolute Gasteiger partial charge is 0.477 e. The lowest BCUT2D eigenvalue weighted by Crippen LogP contribution is -2.74. The van der Waals surface area contributed by atoms with Gasteiger partial charge in [0.15, 0.2) is 0 Å². The number of carboxylic acid groups (broad SMARTS) is 1. The van der Waals surface area contributed by atoms with Gasteiger partial charge in [0, 0.05) is 13.5 Å². The van der Waals surface area contributed by atoms with Crippen LogP contribution in [0.3, 0.4) is 0 Å². The molecule has 0 aromatic rings. The molecule has 0 bridgehead atoms. The number of aliphatic carboxylic acids is 1. The normalized spacial score (nSPS) is 25.5. The minimum absolute atomic E-state index is 0.184. The Morgan fingerprint density at radius 3 is 1.76 bits per heavy atom. The molecule has 1 heterocycles. The van der Waals surface area contributed by atoms with Crippen molar-refractivity contribution in [3.05, 3.63) is 0 Å². The van der Waals surface area contributed by atoms with Gasteiger partial charge < -0.3 is 55.3 Å². The summed E-state index contributed by atoms with van der Waals surface area (Å²) in [6.45, 7) is 1.92. The van der Waals surface area contributed by atoms with Crippen LogP contribution in [0.5, 0.6) is 0 Å². The number of hydrogen-bond acceptors (Lipinski definition) is 11. The van der Waals surface area contributed by atoms with Crippen molar-refractivity contribution in [1.82, 2.24) is 5.32 Å². The highest BCUT2D eigenvalue weighted by atomic mass is 16.7. The van der Waals surface area contributed by atoms with Crippen molar-refractivity contribution in [2.45, 2.75) is 165 Å². The molecule has 0 aromatic carbocycles. The first-order valence-electron chi connectivity index (χ1n) is 16.9. The molecule has 0 aliphatic carbocycles. The molecule has 1 fully saturated rings. The van der Waals surface area contributed by atoms with Crippen molar-refractivity contribution in [2.24, 2.45) is 0 Å². The van der Waals surface area contributed by atoms with Gasteiger partial charge >= 0.3 is 5.97 Å². The zero-order valence-electron chi connectivity index (χ0n) is 27.4. The maximum atomic E-state index is 12.2. The van der Waals surface area contributed by atoms with Crippen LogP contribution in [0.2, 0.25) is 0 Å². The SMILES string of the molecule is CCCCCCCCCCCCCCCCCCOC[C@H](O)CO[C@]1(C(=O)O)O[C@@H]([C@H](O)[C@H](O)CO)[C@H](NC(C)=O)[C@@H](O)[C@@H]1O. The summed E-state index contributed by atoms with van der Waals surface area (Å²) in [6, 6.07) is -1.56.